The van der Waals surface area contributed by atoms with Crippen LogP contribution in [0.5, 0.6) is 11.5 Å². The predicted molar refractivity (Wildman–Crippen MR) is 194 cm³/mol. The van der Waals surface area contributed by atoms with Gasteiger partial charge in [-0.15, -0.1) is 11.3 Å². The Hall–Kier alpha value is -4.11. The van der Waals surface area contributed by atoms with Crippen molar-refractivity contribution in [2.75, 3.05) is 20.7 Å². The van der Waals surface area contributed by atoms with E-state index in [4.69, 9.17) is 14.5 Å². The Morgan fingerprint density at radius 3 is 2.62 bits per heavy atom. The summed E-state index contributed by atoms with van der Waals surface area (Å²) in [6, 6.07) is 4.88. The highest BCUT2D eigenvalue weighted by molar-refractivity contribution is 7.91. The molecule has 15 heteroatoms. The summed E-state index contributed by atoms with van der Waals surface area (Å²) in [7, 11) is -0.753. The van der Waals surface area contributed by atoms with Crippen molar-refractivity contribution >= 4 is 50.0 Å². The summed E-state index contributed by atoms with van der Waals surface area (Å²) in [6.45, 7) is 4.58. The van der Waals surface area contributed by atoms with Gasteiger partial charge in [0.05, 0.1) is 29.9 Å². The lowest BCUT2D eigenvalue weighted by Crippen LogP contribution is -2.54. The van der Waals surface area contributed by atoms with E-state index in [-0.39, 0.29) is 48.3 Å². The number of methoxy groups -OCH3 is 1. The number of hydrogen-bond acceptors (Lipinski definition) is 10. The lowest BCUT2D eigenvalue weighted by molar-refractivity contribution is -0.140. The van der Waals surface area contributed by atoms with Crippen LogP contribution in [0.15, 0.2) is 35.7 Å². The Kier molecular flexibility index (Phi) is 9.78. The smallest absolute Gasteiger partial charge is 0.259 e. The van der Waals surface area contributed by atoms with Crippen molar-refractivity contribution < 1.29 is 36.7 Å². The number of rotatable bonds is 8. The van der Waals surface area contributed by atoms with Crippen LogP contribution < -0.4 is 19.5 Å². The van der Waals surface area contributed by atoms with E-state index in [9.17, 15) is 22.8 Å². The Balaban J connectivity index is 1.21. The molecule has 3 fully saturated rings. The summed E-state index contributed by atoms with van der Waals surface area (Å²) in [5.74, 6) is -3.60. The average molecular weight is 754 g/mol. The second-order valence-corrected chi connectivity index (χ2v) is 17.6. The fraction of sp³-hybridized carbons (Fsp3) is 0.541. The van der Waals surface area contributed by atoms with Gasteiger partial charge >= 0.3 is 0 Å². The highest BCUT2D eigenvalue weighted by Gasteiger charge is 2.62. The van der Waals surface area contributed by atoms with Crippen LogP contribution in [0.1, 0.15) is 76.8 Å². The van der Waals surface area contributed by atoms with Gasteiger partial charge in [0.15, 0.2) is 11.6 Å². The monoisotopic (exact) mass is 753 g/mol. The number of nitrogens with one attached hydrogen (secondary N) is 2. The summed E-state index contributed by atoms with van der Waals surface area (Å²) in [6.07, 6.45) is 7.08. The summed E-state index contributed by atoms with van der Waals surface area (Å²) in [5, 5.41) is 5.24. The average Bonchev–Trinajstić information content (AvgIpc) is 3.98. The summed E-state index contributed by atoms with van der Waals surface area (Å²) in [5.41, 5.74) is -0.0992. The molecule has 5 atom stereocenters. The quantitative estimate of drug-likeness (QED) is 0.300. The Morgan fingerprint density at radius 2 is 1.90 bits per heavy atom. The van der Waals surface area contributed by atoms with E-state index in [0.717, 1.165) is 25.0 Å². The first kappa shape index (κ1) is 36.3. The molecule has 12 nitrogen and oxygen atoms in total. The lowest BCUT2D eigenvalue weighted by Gasteiger charge is -2.26. The van der Waals surface area contributed by atoms with E-state index in [2.05, 4.69) is 15.0 Å². The highest BCUT2D eigenvalue weighted by atomic mass is 32.2. The molecule has 4 aliphatic rings. The molecule has 278 valence electrons. The minimum Gasteiger partial charge on any atom is -0.494 e. The number of sulfonamides is 1. The van der Waals surface area contributed by atoms with E-state index in [1.54, 1.807) is 24.1 Å². The molecular formula is C37H44FN5O7S2. The van der Waals surface area contributed by atoms with Crippen LogP contribution in [0.4, 0.5) is 4.39 Å². The molecule has 3 amide bonds. The number of fused-ring (bicyclic) bond motifs is 3. The topological polar surface area (TPSA) is 157 Å². The van der Waals surface area contributed by atoms with Crippen LogP contribution in [0.25, 0.3) is 21.6 Å². The third-order valence-electron chi connectivity index (χ3n) is 10.7. The van der Waals surface area contributed by atoms with Gasteiger partial charge in [0, 0.05) is 36.3 Å². The normalized spacial score (nSPS) is 27.4. The minimum absolute atomic E-state index is 0.0245. The van der Waals surface area contributed by atoms with Crippen LogP contribution >= 0.6 is 11.3 Å². The Labute approximate surface area is 306 Å². The van der Waals surface area contributed by atoms with Gasteiger partial charge in [0.1, 0.15) is 33.6 Å². The van der Waals surface area contributed by atoms with E-state index in [1.807, 2.05) is 31.4 Å². The second-order valence-electron chi connectivity index (χ2n) is 14.8. The molecule has 7 rings (SSSR count). The number of carbonyl (C=O) groups is 3. The van der Waals surface area contributed by atoms with Crippen molar-refractivity contribution in [3.8, 4) is 22.2 Å². The predicted octanol–water partition coefficient (Wildman–Crippen LogP) is 5.08. The van der Waals surface area contributed by atoms with Crippen molar-refractivity contribution in [2.45, 2.75) is 88.0 Å². The molecule has 3 heterocycles. The number of thiazole rings is 1. The van der Waals surface area contributed by atoms with Gasteiger partial charge in [-0.2, -0.15) is 0 Å². The second kappa shape index (κ2) is 14.0. The van der Waals surface area contributed by atoms with Crippen LogP contribution in [0.3, 0.4) is 0 Å². The Bertz CT molecular complexity index is 2050. The number of carbonyl (C=O) groups excluding carboxylic acids is 3. The molecule has 52 heavy (non-hydrogen) atoms. The first-order valence-electron chi connectivity index (χ1n) is 17.9. The maximum absolute atomic E-state index is 15.7. The molecule has 4 unspecified atom stereocenters. The van der Waals surface area contributed by atoms with Crippen LogP contribution in [0, 0.1) is 23.6 Å². The van der Waals surface area contributed by atoms with Gasteiger partial charge in [-0.25, -0.2) is 22.8 Å². The van der Waals surface area contributed by atoms with Crippen LogP contribution in [-0.2, 0) is 24.4 Å². The van der Waals surface area contributed by atoms with E-state index in [0.29, 0.717) is 41.2 Å². The number of aromatic nitrogens is 2. The van der Waals surface area contributed by atoms with Crippen LogP contribution in [0.2, 0.25) is 0 Å². The molecule has 3 saturated carbocycles. The van der Waals surface area contributed by atoms with Gasteiger partial charge < -0.3 is 19.7 Å². The van der Waals surface area contributed by atoms with Gasteiger partial charge in [-0.1, -0.05) is 26.0 Å². The molecule has 0 radical (unpaired) electrons. The van der Waals surface area contributed by atoms with Gasteiger partial charge in [-0.3, -0.25) is 19.1 Å². The number of hydrogen-bond donors (Lipinski definition) is 2. The maximum Gasteiger partial charge on any atom is 0.259 e. The molecular weight excluding hydrogens is 710 g/mol. The minimum atomic E-state index is -3.85. The maximum atomic E-state index is 15.7. The van der Waals surface area contributed by atoms with Gasteiger partial charge in [0.2, 0.25) is 21.8 Å². The molecule has 1 aliphatic heterocycles. The van der Waals surface area contributed by atoms with E-state index in [1.165, 1.54) is 24.5 Å². The SMILES string of the molecule is COc1ccc2c(OC3CC4C(=O)N(C)CCCC/C=C\C5CC5(C(=O)NS(=O)(=O)C5CC5)NC(=O)[C@@H]4C3)cc(-c3nc(C(C)C)cs3)nc2c1F. The van der Waals surface area contributed by atoms with Crippen molar-refractivity contribution in [1.29, 1.82) is 0 Å². The summed E-state index contributed by atoms with van der Waals surface area (Å²) < 4.78 is 55.3. The number of ether oxygens (including phenoxy) is 2. The standard InChI is InChI=1S/C37H44FN5O7S2/c1-20(2)28-19-51-34(40-28)27-17-30(24-12-13-29(49-4)31(38)32(24)39-27)50-22-15-25-26(16-22)35(45)43(3)14-8-6-5-7-9-21-18-37(21,41-33(25)44)36(46)42-52(47,48)23-10-11-23/h7,9,12-13,17,19-23,25-26H,5-6,8,10-11,14-16,18H2,1-4H3,(H,41,44)(H,42,46)/b9-7-/t21?,22?,25-,26?,37?/m1/s1. The first-order valence-corrected chi connectivity index (χ1v) is 20.3. The third-order valence-corrected chi connectivity index (χ3v) is 13.4. The molecule has 3 aromatic rings. The lowest BCUT2D eigenvalue weighted by atomic mass is 9.93. The van der Waals surface area contributed by atoms with Gasteiger partial charge in [-0.05, 0) is 69.4 Å². The number of pyridine rings is 1. The molecule has 2 N–H and O–H groups in total. The number of amides is 3. The van der Waals surface area contributed by atoms with E-state index >= 15 is 4.39 Å². The fourth-order valence-corrected chi connectivity index (χ4v) is 9.62. The number of allylic oxidation sites excluding steroid dienone is 1. The zero-order valence-electron chi connectivity index (χ0n) is 29.7. The molecule has 2 aromatic heterocycles. The Morgan fingerprint density at radius 1 is 1.13 bits per heavy atom. The summed E-state index contributed by atoms with van der Waals surface area (Å²) >= 11 is 1.39. The van der Waals surface area contributed by atoms with Crippen molar-refractivity contribution in [2.24, 2.45) is 17.8 Å². The number of halogens is 1. The molecule has 0 saturated heterocycles. The van der Waals surface area contributed by atoms with Crippen LogP contribution in [-0.4, -0.2) is 78.6 Å². The largest absolute Gasteiger partial charge is 0.494 e. The van der Waals surface area contributed by atoms with Gasteiger partial charge in [0.25, 0.3) is 5.91 Å². The number of nitrogens with zero attached hydrogens (tertiary/aromatic N) is 3. The van der Waals surface area contributed by atoms with Crippen molar-refractivity contribution in [3.05, 3.63) is 47.2 Å². The number of benzene rings is 1. The molecule has 0 spiro atoms. The highest BCUT2D eigenvalue weighted by Crippen LogP contribution is 2.47. The van der Waals surface area contributed by atoms with E-state index < -0.39 is 56.4 Å². The fourth-order valence-electron chi connectivity index (χ4n) is 7.31. The molecule has 0 bridgehead atoms. The zero-order chi connectivity index (χ0) is 36.9. The van der Waals surface area contributed by atoms with Crippen molar-refractivity contribution in [3.63, 3.8) is 0 Å². The summed E-state index contributed by atoms with van der Waals surface area (Å²) in [4.78, 5) is 52.8. The third kappa shape index (κ3) is 7.01. The molecule has 3 aliphatic carbocycles. The zero-order valence-corrected chi connectivity index (χ0v) is 31.3. The first-order chi connectivity index (χ1) is 24.8. The van der Waals surface area contributed by atoms with Crippen molar-refractivity contribution in [1.82, 2.24) is 24.9 Å². The molecule has 1 aromatic carbocycles.